The molecule has 0 spiro atoms. The molecule has 1 fully saturated rings. The molecule has 4 rings (SSSR count). The summed E-state index contributed by atoms with van der Waals surface area (Å²) in [5.41, 5.74) is 2.25. The Morgan fingerprint density at radius 1 is 1.07 bits per heavy atom. The van der Waals surface area contributed by atoms with Crippen molar-refractivity contribution in [1.29, 1.82) is 0 Å². The summed E-state index contributed by atoms with van der Waals surface area (Å²) in [6, 6.07) is 17.7. The van der Waals surface area contributed by atoms with Crippen molar-refractivity contribution in [3.8, 4) is 5.75 Å². The maximum atomic E-state index is 13.5. The van der Waals surface area contributed by atoms with E-state index in [1.54, 1.807) is 0 Å². The Morgan fingerprint density at radius 3 is 2.62 bits per heavy atom. The van der Waals surface area contributed by atoms with Gasteiger partial charge in [0, 0.05) is 25.2 Å². The van der Waals surface area contributed by atoms with Gasteiger partial charge >= 0.3 is 0 Å². The predicted molar refractivity (Wildman–Crippen MR) is 113 cm³/mol. The summed E-state index contributed by atoms with van der Waals surface area (Å²) in [7, 11) is 0. The Balaban J connectivity index is 1.48. The molecule has 0 saturated heterocycles. The normalized spacial score (nSPS) is 23.3. The number of hydrogen-bond acceptors (Lipinski definition) is 3. The lowest BCUT2D eigenvalue weighted by Gasteiger charge is -2.33. The van der Waals surface area contributed by atoms with E-state index in [2.05, 4.69) is 11.4 Å². The fraction of sp³-hybridized carbons (Fsp3) is 0.417. The summed E-state index contributed by atoms with van der Waals surface area (Å²) >= 11 is 0. The Labute approximate surface area is 172 Å². The van der Waals surface area contributed by atoms with Gasteiger partial charge in [-0.1, -0.05) is 36.4 Å². The minimum absolute atomic E-state index is 0.0866. The Kier molecular flexibility index (Phi) is 5.84. The molecule has 2 aromatic carbocycles. The summed E-state index contributed by atoms with van der Waals surface area (Å²) in [5.74, 6) is 0.897. The zero-order chi connectivity index (χ0) is 20.2. The van der Waals surface area contributed by atoms with E-state index in [-0.39, 0.29) is 29.7 Å². The number of ether oxygens (including phenoxy) is 1. The second kappa shape index (κ2) is 8.68. The molecule has 5 heteroatoms. The first-order valence-electron chi connectivity index (χ1n) is 10.5. The van der Waals surface area contributed by atoms with Gasteiger partial charge in [0.1, 0.15) is 5.75 Å². The van der Waals surface area contributed by atoms with E-state index >= 15 is 0 Å². The van der Waals surface area contributed by atoms with Gasteiger partial charge in [-0.25, -0.2) is 0 Å². The van der Waals surface area contributed by atoms with E-state index in [4.69, 9.17) is 4.74 Å². The summed E-state index contributed by atoms with van der Waals surface area (Å²) < 4.78 is 5.94. The van der Waals surface area contributed by atoms with Crippen LogP contribution in [0.3, 0.4) is 0 Å². The number of benzene rings is 2. The number of rotatable bonds is 5. The number of nitrogens with one attached hydrogen (secondary N) is 1. The SMILES string of the molecule is CC(=O)N[C@@H]1C[C@H](COc2ccccc2)C[C@H]1C(=O)N1CCCc2ccccc21. The standard InChI is InChI=1S/C24H28N2O3/c1-17(27)25-22-15-18(16-29-20-10-3-2-4-11-20)14-21(22)24(28)26-13-7-9-19-8-5-6-12-23(19)26/h2-6,8,10-12,18,21-22H,7,9,13-16H2,1H3,(H,25,27)/t18-,21-,22-/m1/s1. The summed E-state index contributed by atoms with van der Waals surface area (Å²) in [6.45, 7) is 2.82. The zero-order valence-electron chi connectivity index (χ0n) is 16.8. The van der Waals surface area contributed by atoms with Gasteiger partial charge < -0.3 is 15.0 Å². The molecular formula is C24H28N2O3. The van der Waals surface area contributed by atoms with Crippen molar-refractivity contribution in [2.75, 3.05) is 18.1 Å². The average molecular weight is 392 g/mol. The number of carbonyl (C=O) groups excluding carboxylic acids is 2. The van der Waals surface area contributed by atoms with Crippen LogP contribution in [0, 0.1) is 11.8 Å². The average Bonchev–Trinajstić information content (AvgIpc) is 3.14. The molecular weight excluding hydrogens is 364 g/mol. The second-order valence-corrected chi connectivity index (χ2v) is 8.10. The van der Waals surface area contributed by atoms with Crippen LogP contribution < -0.4 is 15.0 Å². The molecule has 2 aromatic rings. The molecule has 152 valence electrons. The molecule has 0 radical (unpaired) electrons. The monoisotopic (exact) mass is 392 g/mol. The molecule has 1 aliphatic heterocycles. The zero-order valence-corrected chi connectivity index (χ0v) is 16.8. The minimum Gasteiger partial charge on any atom is -0.493 e. The topological polar surface area (TPSA) is 58.6 Å². The third-order valence-corrected chi connectivity index (χ3v) is 5.97. The van der Waals surface area contributed by atoms with E-state index in [1.807, 2.05) is 53.4 Å². The quantitative estimate of drug-likeness (QED) is 0.846. The third-order valence-electron chi connectivity index (χ3n) is 5.97. The fourth-order valence-electron chi connectivity index (χ4n) is 4.67. The van der Waals surface area contributed by atoms with Crippen molar-refractivity contribution in [2.24, 2.45) is 11.8 Å². The number of aryl methyl sites for hydroxylation is 1. The number of hydrogen-bond donors (Lipinski definition) is 1. The van der Waals surface area contributed by atoms with Gasteiger partial charge in [-0.05, 0) is 55.4 Å². The molecule has 1 aliphatic carbocycles. The molecule has 3 atom stereocenters. The van der Waals surface area contributed by atoms with Gasteiger partial charge in [0.15, 0.2) is 0 Å². The first-order chi connectivity index (χ1) is 14.1. The van der Waals surface area contributed by atoms with E-state index in [1.165, 1.54) is 12.5 Å². The minimum atomic E-state index is -0.213. The van der Waals surface area contributed by atoms with Crippen LogP contribution in [-0.4, -0.2) is 31.0 Å². The fourth-order valence-corrected chi connectivity index (χ4v) is 4.67. The van der Waals surface area contributed by atoms with Crippen molar-refractivity contribution in [1.82, 2.24) is 5.32 Å². The van der Waals surface area contributed by atoms with Gasteiger partial charge in [0.25, 0.3) is 0 Å². The maximum Gasteiger partial charge on any atom is 0.232 e. The van der Waals surface area contributed by atoms with Crippen LogP contribution in [0.15, 0.2) is 54.6 Å². The van der Waals surface area contributed by atoms with Crippen molar-refractivity contribution in [3.05, 3.63) is 60.2 Å². The van der Waals surface area contributed by atoms with Gasteiger partial charge in [-0.3, -0.25) is 9.59 Å². The molecule has 0 bridgehead atoms. The van der Waals surface area contributed by atoms with Crippen molar-refractivity contribution < 1.29 is 14.3 Å². The smallest absolute Gasteiger partial charge is 0.232 e. The number of para-hydroxylation sites is 2. The summed E-state index contributed by atoms with van der Waals surface area (Å²) in [6.07, 6.45) is 3.47. The van der Waals surface area contributed by atoms with Gasteiger partial charge in [-0.2, -0.15) is 0 Å². The molecule has 0 aromatic heterocycles. The van der Waals surface area contributed by atoms with Crippen LogP contribution in [0.5, 0.6) is 5.75 Å². The number of fused-ring (bicyclic) bond motifs is 1. The number of nitrogens with zero attached hydrogens (tertiary/aromatic N) is 1. The molecule has 1 N–H and O–H groups in total. The summed E-state index contributed by atoms with van der Waals surface area (Å²) in [4.78, 5) is 27.2. The Hall–Kier alpha value is -2.82. The predicted octanol–water partition coefficient (Wildman–Crippen LogP) is 3.58. The molecule has 2 amide bonds. The molecule has 2 aliphatic rings. The highest BCUT2D eigenvalue weighted by atomic mass is 16.5. The van der Waals surface area contributed by atoms with Crippen LogP contribution in [0.4, 0.5) is 5.69 Å². The van der Waals surface area contributed by atoms with Gasteiger partial charge in [0.05, 0.1) is 12.5 Å². The Bertz CT molecular complexity index is 867. The number of carbonyl (C=O) groups is 2. The number of anilines is 1. The molecule has 5 nitrogen and oxygen atoms in total. The first kappa shape index (κ1) is 19.5. The van der Waals surface area contributed by atoms with E-state index in [0.717, 1.165) is 43.7 Å². The number of amides is 2. The van der Waals surface area contributed by atoms with Crippen molar-refractivity contribution >= 4 is 17.5 Å². The van der Waals surface area contributed by atoms with Gasteiger partial charge in [-0.15, -0.1) is 0 Å². The maximum absolute atomic E-state index is 13.5. The van der Waals surface area contributed by atoms with Crippen molar-refractivity contribution in [2.45, 2.75) is 38.6 Å². The lowest BCUT2D eigenvalue weighted by atomic mass is 9.96. The van der Waals surface area contributed by atoms with Crippen molar-refractivity contribution in [3.63, 3.8) is 0 Å². The first-order valence-corrected chi connectivity index (χ1v) is 10.5. The summed E-state index contributed by atoms with van der Waals surface area (Å²) in [5, 5.41) is 3.02. The van der Waals surface area contributed by atoms with Gasteiger partial charge in [0.2, 0.25) is 11.8 Å². The molecule has 29 heavy (non-hydrogen) atoms. The lowest BCUT2D eigenvalue weighted by molar-refractivity contribution is -0.124. The van der Waals surface area contributed by atoms with Crippen LogP contribution in [0.25, 0.3) is 0 Å². The molecule has 1 saturated carbocycles. The van der Waals surface area contributed by atoms with Crippen LogP contribution in [0.1, 0.15) is 31.7 Å². The largest absolute Gasteiger partial charge is 0.493 e. The highest BCUT2D eigenvalue weighted by Crippen LogP contribution is 2.36. The molecule has 1 heterocycles. The highest BCUT2D eigenvalue weighted by Gasteiger charge is 2.42. The molecule has 0 unspecified atom stereocenters. The van der Waals surface area contributed by atoms with Crippen LogP contribution in [-0.2, 0) is 16.0 Å². The lowest BCUT2D eigenvalue weighted by Crippen LogP contribution is -2.46. The van der Waals surface area contributed by atoms with E-state index in [9.17, 15) is 9.59 Å². The Morgan fingerprint density at radius 2 is 1.83 bits per heavy atom. The van der Waals surface area contributed by atoms with Crippen LogP contribution >= 0.6 is 0 Å². The third kappa shape index (κ3) is 4.44. The van der Waals surface area contributed by atoms with E-state index in [0.29, 0.717) is 6.61 Å². The second-order valence-electron chi connectivity index (χ2n) is 8.10. The van der Waals surface area contributed by atoms with E-state index < -0.39 is 0 Å². The highest BCUT2D eigenvalue weighted by molar-refractivity contribution is 5.97. The van der Waals surface area contributed by atoms with Crippen LogP contribution in [0.2, 0.25) is 0 Å².